The normalized spacial score (nSPS) is 10.6. The monoisotopic (exact) mass is 339 g/mol. The molecule has 0 aliphatic rings. The van der Waals surface area contributed by atoms with Gasteiger partial charge < -0.3 is 15.2 Å². The first-order chi connectivity index (χ1) is 12.1. The van der Waals surface area contributed by atoms with Gasteiger partial charge >= 0.3 is 6.09 Å². The minimum atomic E-state index is -1.12. The maximum atomic E-state index is 13.0. The Morgan fingerprint density at radius 3 is 2.64 bits per heavy atom. The number of nitrogens with one attached hydrogen (secondary N) is 1. The van der Waals surface area contributed by atoms with Crippen molar-refractivity contribution >= 4 is 17.0 Å². The van der Waals surface area contributed by atoms with Crippen LogP contribution in [0, 0.1) is 0 Å². The van der Waals surface area contributed by atoms with Crippen molar-refractivity contribution in [2.24, 2.45) is 0 Å². The number of nitrogens with zero attached hydrogens (tertiary/aromatic N) is 2. The molecule has 1 aromatic heterocycles. The highest BCUT2D eigenvalue weighted by Gasteiger charge is 2.15. The zero-order valence-electron chi connectivity index (χ0n) is 13.6. The second-order valence-electron chi connectivity index (χ2n) is 5.34. The predicted octanol–water partition coefficient (Wildman–Crippen LogP) is 2.20. The molecule has 1 amide bonds. The highest BCUT2D eigenvalue weighted by molar-refractivity contribution is 5.84. The van der Waals surface area contributed by atoms with Gasteiger partial charge in [0, 0.05) is 13.0 Å². The molecule has 0 fully saturated rings. The third-order valence-electron chi connectivity index (χ3n) is 3.79. The van der Waals surface area contributed by atoms with Crippen LogP contribution < -0.4 is 15.6 Å². The summed E-state index contributed by atoms with van der Waals surface area (Å²) >= 11 is 0. The molecule has 0 unspecified atom stereocenters. The summed E-state index contributed by atoms with van der Waals surface area (Å²) in [6, 6.07) is 14.3. The first-order valence-electron chi connectivity index (χ1n) is 7.72. The van der Waals surface area contributed by atoms with Crippen LogP contribution in [0.2, 0.25) is 0 Å². The first-order valence-corrected chi connectivity index (χ1v) is 7.72. The van der Waals surface area contributed by atoms with E-state index in [0.29, 0.717) is 28.2 Å². The third kappa shape index (κ3) is 3.30. The lowest BCUT2D eigenvalue weighted by molar-refractivity contribution is 0.194. The van der Waals surface area contributed by atoms with Gasteiger partial charge in [0.25, 0.3) is 5.56 Å². The van der Waals surface area contributed by atoms with Crippen LogP contribution in [-0.2, 0) is 6.42 Å². The molecule has 0 bridgehead atoms. The average Bonchev–Trinajstić information content (AvgIpc) is 2.62. The number of aromatic nitrogens is 2. The summed E-state index contributed by atoms with van der Waals surface area (Å²) in [7, 11) is 1.52. The molecule has 7 nitrogen and oxygen atoms in total. The minimum Gasteiger partial charge on any atom is -0.494 e. The molecule has 7 heteroatoms. The van der Waals surface area contributed by atoms with E-state index >= 15 is 0 Å². The summed E-state index contributed by atoms with van der Waals surface area (Å²) in [5, 5.41) is 11.5. The molecule has 0 spiro atoms. The second-order valence-corrected chi connectivity index (χ2v) is 5.34. The van der Waals surface area contributed by atoms with Gasteiger partial charge in [-0.05, 0) is 24.3 Å². The SMILES string of the molecule is COc1cccc2c(=O)n(-c3ccccc3)c(CCNC(=O)O)nc12. The predicted molar refractivity (Wildman–Crippen MR) is 93.6 cm³/mol. The highest BCUT2D eigenvalue weighted by Crippen LogP contribution is 2.22. The van der Waals surface area contributed by atoms with Crippen molar-refractivity contribution in [3.05, 3.63) is 64.7 Å². The lowest BCUT2D eigenvalue weighted by Gasteiger charge is -2.14. The average molecular weight is 339 g/mol. The van der Waals surface area contributed by atoms with Crippen LogP contribution in [0.3, 0.4) is 0 Å². The largest absolute Gasteiger partial charge is 0.494 e. The molecular formula is C18H17N3O4. The van der Waals surface area contributed by atoms with Crippen molar-refractivity contribution in [2.45, 2.75) is 6.42 Å². The fraction of sp³-hybridized carbons (Fsp3) is 0.167. The van der Waals surface area contributed by atoms with E-state index in [9.17, 15) is 9.59 Å². The highest BCUT2D eigenvalue weighted by atomic mass is 16.5. The molecule has 0 saturated heterocycles. The van der Waals surface area contributed by atoms with E-state index in [-0.39, 0.29) is 18.5 Å². The molecule has 128 valence electrons. The molecule has 2 aromatic carbocycles. The molecule has 0 atom stereocenters. The number of rotatable bonds is 5. The van der Waals surface area contributed by atoms with Gasteiger partial charge in [-0.2, -0.15) is 0 Å². The van der Waals surface area contributed by atoms with Gasteiger partial charge in [0.2, 0.25) is 0 Å². The number of fused-ring (bicyclic) bond motifs is 1. The molecule has 0 aliphatic heterocycles. The van der Waals surface area contributed by atoms with Crippen molar-refractivity contribution in [3.8, 4) is 11.4 Å². The van der Waals surface area contributed by atoms with Crippen LogP contribution in [-0.4, -0.2) is 34.4 Å². The molecule has 0 radical (unpaired) electrons. The Morgan fingerprint density at radius 2 is 1.96 bits per heavy atom. The Morgan fingerprint density at radius 1 is 1.20 bits per heavy atom. The fourth-order valence-corrected chi connectivity index (χ4v) is 2.68. The molecule has 2 N–H and O–H groups in total. The molecule has 0 saturated carbocycles. The summed E-state index contributed by atoms with van der Waals surface area (Å²) in [6.07, 6.45) is -0.850. The summed E-state index contributed by atoms with van der Waals surface area (Å²) in [5.41, 5.74) is 0.919. The number of hydrogen-bond acceptors (Lipinski definition) is 4. The van der Waals surface area contributed by atoms with Gasteiger partial charge in [0.15, 0.2) is 0 Å². The van der Waals surface area contributed by atoms with Gasteiger partial charge in [-0.15, -0.1) is 0 Å². The van der Waals surface area contributed by atoms with E-state index in [1.807, 2.05) is 30.3 Å². The number of carboxylic acid groups (broad SMARTS) is 1. The van der Waals surface area contributed by atoms with E-state index in [1.54, 1.807) is 18.2 Å². The van der Waals surface area contributed by atoms with E-state index in [4.69, 9.17) is 9.84 Å². The first kappa shape index (κ1) is 16.5. The molecule has 25 heavy (non-hydrogen) atoms. The fourth-order valence-electron chi connectivity index (χ4n) is 2.68. The standard InChI is InChI=1S/C18H17N3O4/c1-25-14-9-5-8-13-16(14)20-15(10-11-19-18(23)24)21(17(13)22)12-6-3-2-4-7-12/h2-9,19H,10-11H2,1H3,(H,23,24). The smallest absolute Gasteiger partial charge is 0.404 e. The van der Waals surface area contributed by atoms with E-state index in [2.05, 4.69) is 10.3 Å². The van der Waals surface area contributed by atoms with Crippen molar-refractivity contribution in [1.82, 2.24) is 14.9 Å². The van der Waals surface area contributed by atoms with Crippen LogP contribution >= 0.6 is 0 Å². The Bertz CT molecular complexity index is 967. The van der Waals surface area contributed by atoms with Crippen LogP contribution in [0.4, 0.5) is 4.79 Å². The molecule has 3 rings (SSSR count). The number of benzene rings is 2. The Balaban J connectivity index is 2.22. The van der Waals surface area contributed by atoms with Gasteiger partial charge in [-0.3, -0.25) is 9.36 Å². The minimum absolute atomic E-state index is 0.148. The van der Waals surface area contributed by atoms with Gasteiger partial charge in [0.1, 0.15) is 17.1 Å². The molecular weight excluding hydrogens is 322 g/mol. The Hall–Kier alpha value is -3.35. The van der Waals surface area contributed by atoms with Gasteiger partial charge in [-0.1, -0.05) is 24.3 Å². The molecule has 3 aromatic rings. The molecule has 1 heterocycles. The summed E-state index contributed by atoms with van der Waals surface area (Å²) in [5.74, 6) is 0.962. The number of para-hydroxylation sites is 2. The van der Waals surface area contributed by atoms with Gasteiger partial charge in [0.05, 0.1) is 18.2 Å². The lowest BCUT2D eigenvalue weighted by Crippen LogP contribution is -2.28. The summed E-state index contributed by atoms with van der Waals surface area (Å²) in [4.78, 5) is 28.3. The van der Waals surface area contributed by atoms with Gasteiger partial charge in [-0.25, -0.2) is 9.78 Å². The number of ether oxygens (including phenoxy) is 1. The maximum absolute atomic E-state index is 13.0. The summed E-state index contributed by atoms with van der Waals surface area (Å²) in [6.45, 7) is 0.148. The number of methoxy groups -OCH3 is 1. The van der Waals surface area contributed by atoms with Crippen LogP contribution in [0.5, 0.6) is 5.75 Å². The number of hydrogen-bond donors (Lipinski definition) is 2. The maximum Gasteiger partial charge on any atom is 0.404 e. The topological polar surface area (TPSA) is 93.5 Å². The van der Waals surface area contributed by atoms with E-state index in [1.165, 1.54) is 11.7 Å². The summed E-state index contributed by atoms with van der Waals surface area (Å²) < 4.78 is 6.81. The van der Waals surface area contributed by atoms with E-state index < -0.39 is 6.09 Å². The van der Waals surface area contributed by atoms with Crippen LogP contribution in [0.25, 0.3) is 16.6 Å². The van der Waals surface area contributed by atoms with Crippen molar-refractivity contribution in [2.75, 3.05) is 13.7 Å². The number of carbonyl (C=O) groups is 1. The number of amides is 1. The zero-order valence-corrected chi connectivity index (χ0v) is 13.6. The van der Waals surface area contributed by atoms with Crippen molar-refractivity contribution < 1.29 is 14.6 Å². The Kier molecular flexibility index (Phi) is 4.65. The third-order valence-corrected chi connectivity index (χ3v) is 3.79. The second kappa shape index (κ2) is 7.04. The molecule has 0 aliphatic carbocycles. The van der Waals surface area contributed by atoms with Crippen LogP contribution in [0.1, 0.15) is 5.82 Å². The van der Waals surface area contributed by atoms with Crippen molar-refractivity contribution in [3.63, 3.8) is 0 Å². The zero-order chi connectivity index (χ0) is 17.8. The van der Waals surface area contributed by atoms with E-state index in [0.717, 1.165) is 0 Å². The lowest BCUT2D eigenvalue weighted by atomic mass is 10.2. The van der Waals surface area contributed by atoms with Crippen LogP contribution in [0.15, 0.2) is 53.3 Å². The van der Waals surface area contributed by atoms with Crippen molar-refractivity contribution in [1.29, 1.82) is 0 Å². The quantitative estimate of drug-likeness (QED) is 0.743. The Labute approximate surface area is 143 Å².